The van der Waals surface area contributed by atoms with Crippen molar-refractivity contribution in [3.8, 4) is 11.3 Å². The maximum atomic E-state index is 12.8. The Kier molecular flexibility index (Phi) is 6.15. The van der Waals surface area contributed by atoms with Crippen molar-refractivity contribution in [3.63, 3.8) is 0 Å². The van der Waals surface area contributed by atoms with Crippen LogP contribution in [0, 0.1) is 13.8 Å². The first-order valence-electron chi connectivity index (χ1n) is 9.55. The van der Waals surface area contributed by atoms with Gasteiger partial charge in [0.2, 0.25) is 5.78 Å². The average molecular weight is 409 g/mol. The molecule has 0 amide bonds. The van der Waals surface area contributed by atoms with Crippen LogP contribution < -0.4 is 0 Å². The molecule has 0 saturated heterocycles. The number of hydrogen-bond donors (Lipinski definition) is 2. The molecule has 156 valence electrons. The quantitative estimate of drug-likeness (QED) is 0.455. The lowest BCUT2D eigenvalue weighted by Crippen LogP contribution is -2.25. The highest BCUT2D eigenvalue weighted by Gasteiger charge is 2.28. The Labute approximate surface area is 173 Å². The fourth-order valence-corrected chi connectivity index (χ4v) is 3.17. The van der Waals surface area contributed by atoms with Gasteiger partial charge in [0, 0.05) is 11.3 Å². The molecule has 2 N–H and O–H groups in total. The van der Waals surface area contributed by atoms with Crippen LogP contribution in [-0.2, 0) is 9.47 Å². The van der Waals surface area contributed by atoms with E-state index < -0.39 is 23.8 Å². The molecule has 0 aliphatic heterocycles. The van der Waals surface area contributed by atoms with E-state index in [0.29, 0.717) is 22.5 Å². The van der Waals surface area contributed by atoms with Crippen molar-refractivity contribution in [2.24, 2.45) is 0 Å². The van der Waals surface area contributed by atoms with Crippen LogP contribution in [0.5, 0.6) is 0 Å². The smallest absolute Gasteiger partial charge is 0.357 e. The first-order chi connectivity index (χ1) is 14.3. The summed E-state index contributed by atoms with van der Waals surface area (Å²) in [6.07, 6.45) is -1.06. The molecule has 0 aliphatic rings. The van der Waals surface area contributed by atoms with Crippen LogP contribution in [-0.4, -0.2) is 45.6 Å². The molecule has 1 atom stereocenters. The molecule has 0 spiro atoms. The molecule has 0 radical (unpaired) electrons. The van der Waals surface area contributed by atoms with Crippen LogP contribution in [0.4, 0.5) is 0 Å². The van der Waals surface area contributed by atoms with E-state index in [9.17, 15) is 14.4 Å². The van der Waals surface area contributed by atoms with Gasteiger partial charge in [-0.15, -0.1) is 0 Å². The molecule has 8 nitrogen and oxygen atoms in total. The summed E-state index contributed by atoms with van der Waals surface area (Å²) in [7, 11) is 0. The summed E-state index contributed by atoms with van der Waals surface area (Å²) in [5.74, 6) is -1.64. The number of benzene rings is 1. The second-order valence-electron chi connectivity index (χ2n) is 6.79. The fraction of sp³-hybridized carbons (Fsp3) is 0.273. The molecule has 2 heterocycles. The number of aryl methyl sites for hydroxylation is 1. The first-order valence-corrected chi connectivity index (χ1v) is 9.55. The monoisotopic (exact) mass is 409 g/mol. The van der Waals surface area contributed by atoms with Crippen molar-refractivity contribution in [2.75, 3.05) is 6.61 Å². The molecule has 0 aliphatic carbocycles. The maximum absolute atomic E-state index is 12.8. The zero-order valence-electron chi connectivity index (χ0n) is 17.2. The highest BCUT2D eigenvalue weighted by atomic mass is 16.5. The third-order valence-electron chi connectivity index (χ3n) is 4.68. The van der Waals surface area contributed by atoms with E-state index in [4.69, 9.17) is 9.47 Å². The predicted octanol–water partition coefficient (Wildman–Crippen LogP) is 3.63. The van der Waals surface area contributed by atoms with E-state index >= 15 is 0 Å². The van der Waals surface area contributed by atoms with Gasteiger partial charge in [-0.2, -0.15) is 5.10 Å². The lowest BCUT2D eigenvalue weighted by atomic mass is 10.1. The van der Waals surface area contributed by atoms with Gasteiger partial charge in [0.25, 0.3) is 0 Å². The number of nitrogens with one attached hydrogen (secondary N) is 2. The third kappa shape index (κ3) is 4.17. The van der Waals surface area contributed by atoms with Gasteiger partial charge in [0.05, 0.1) is 23.6 Å². The minimum Gasteiger partial charge on any atom is -0.462 e. The number of rotatable bonds is 7. The Bertz CT molecular complexity index is 1080. The highest BCUT2D eigenvalue weighted by Crippen LogP contribution is 2.22. The molecule has 0 unspecified atom stereocenters. The van der Waals surface area contributed by atoms with E-state index in [1.807, 2.05) is 30.3 Å². The second kappa shape index (κ2) is 8.77. The summed E-state index contributed by atoms with van der Waals surface area (Å²) in [6, 6.07) is 10.9. The Hall–Kier alpha value is -3.68. The van der Waals surface area contributed by atoms with E-state index in [1.165, 1.54) is 6.92 Å². The molecule has 0 saturated carbocycles. The lowest BCUT2D eigenvalue weighted by Gasteiger charge is -2.11. The molecule has 3 aromatic rings. The minimum absolute atomic E-state index is 0.139. The Morgan fingerprint density at radius 3 is 2.47 bits per heavy atom. The number of nitrogens with zero attached hydrogens (tertiary/aromatic N) is 1. The summed E-state index contributed by atoms with van der Waals surface area (Å²) in [5.41, 5.74) is 3.10. The Morgan fingerprint density at radius 1 is 1.10 bits per heavy atom. The number of Topliss-reactive ketones (excluding diaryl/α,β-unsaturated/α-hetero) is 1. The van der Waals surface area contributed by atoms with E-state index in [0.717, 1.165) is 5.56 Å². The molecular weight excluding hydrogens is 386 g/mol. The average Bonchev–Trinajstić information content (AvgIpc) is 3.33. The zero-order valence-corrected chi connectivity index (χ0v) is 17.2. The largest absolute Gasteiger partial charge is 0.462 e. The maximum Gasteiger partial charge on any atom is 0.357 e. The van der Waals surface area contributed by atoms with Crippen molar-refractivity contribution in [2.45, 2.75) is 33.8 Å². The first kappa shape index (κ1) is 21.0. The van der Waals surface area contributed by atoms with Gasteiger partial charge in [-0.1, -0.05) is 30.3 Å². The van der Waals surface area contributed by atoms with Gasteiger partial charge in [0.1, 0.15) is 5.69 Å². The Morgan fingerprint density at radius 2 is 1.80 bits per heavy atom. The number of ketones is 1. The van der Waals surface area contributed by atoms with Gasteiger partial charge in [-0.25, -0.2) is 9.59 Å². The van der Waals surface area contributed by atoms with E-state index in [2.05, 4.69) is 15.2 Å². The number of hydrogen-bond acceptors (Lipinski definition) is 6. The summed E-state index contributed by atoms with van der Waals surface area (Å²) in [4.78, 5) is 40.3. The van der Waals surface area contributed by atoms with Gasteiger partial charge in [-0.3, -0.25) is 9.89 Å². The van der Waals surface area contributed by atoms with Crippen molar-refractivity contribution >= 4 is 17.7 Å². The highest BCUT2D eigenvalue weighted by molar-refractivity contribution is 6.04. The van der Waals surface area contributed by atoms with Crippen molar-refractivity contribution in [1.82, 2.24) is 15.2 Å². The summed E-state index contributed by atoms with van der Waals surface area (Å²) in [6.45, 7) is 6.76. The van der Waals surface area contributed by atoms with Crippen LogP contribution in [0.2, 0.25) is 0 Å². The van der Waals surface area contributed by atoms with Crippen LogP contribution in [0.3, 0.4) is 0 Å². The van der Waals surface area contributed by atoms with E-state index in [1.54, 1.807) is 26.8 Å². The molecule has 30 heavy (non-hydrogen) atoms. The van der Waals surface area contributed by atoms with Crippen molar-refractivity contribution < 1.29 is 23.9 Å². The summed E-state index contributed by atoms with van der Waals surface area (Å²) in [5, 5.41) is 6.75. The standard InChI is InChI=1S/C22H23N3O5/c1-5-29-22(28)18-12(2)19(23-13(18)3)20(26)14(4)30-21(27)17-11-16(24-25-17)15-9-7-6-8-10-15/h6-11,14,23H,5H2,1-4H3,(H,24,25)/t14-/m1/s1. The summed E-state index contributed by atoms with van der Waals surface area (Å²) >= 11 is 0. The minimum atomic E-state index is -1.06. The number of carbonyl (C=O) groups excluding carboxylic acids is 3. The fourth-order valence-electron chi connectivity index (χ4n) is 3.17. The predicted molar refractivity (Wildman–Crippen MR) is 109 cm³/mol. The molecule has 8 heteroatoms. The number of ether oxygens (including phenoxy) is 2. The number of esters is 2. The van der Waals surface area contributed by atoms with Crippen LogP contribution >= 0.6 is 0 Å². The zero-order chi connectivity index (χ0) is 21.8. The SMILES string of the molecule is CCOC(=O)c1c(C)[nH]c(C(=O)[C@@H](C)OC(=O)c2cc(-c3ccccc3)n[nH]2)c1C. The molecule has 2 aromatic heterocycles. The van der Waals surface area contributed by atoms with Crippen LogP contribution in [0.15, 0.2) is 36.4 Å². The topological polar surface area (TPSA) is 114 Å². The number of carbonyl (C=O) groups is 3. The second-order valence-corrected chi connectivity index (χ2v) is 6.79. The lowest BCUT2D eigenvalue weighted by molar-refractivity contribution is 0.0311. The normalized spacial score (nSPS) is 11.7. The van der Waals surface area contributed by atoms with E-state index in [-0.39, 0.29) is 18.0 Å². The van der Waals surface area contributed by atoms with Crippen LogP contribution in [0.25, 0.3) is 11.3 Å². The number of aromatic amines is 2. The third-order valence-corrected chi connectivity index (χ3v) is 4.68. The van der Waals surface area contributed by atoms with Crippen LogP contribution in [0.1, 0.15) is 56.4 Å². The molecular formula is C22H23N3O5. The molecule has 1 aromatic carbocycles. The molecule has 0 fully saturated rings. The molecule has 0 bridgehead atoms. The van der Waals surface area contributed by atoms with Gasteiger partial charge < -0.3 is 14.5 Å². The van der Waals surface area contributed by atoms with Gasteiger partial charge in [0.15, 0.2) is 6.10 Å². The summed E-state index contributed by atoms with van der Waals surface area (Å²) < 4.78 is 10.4. The van der Waals surface area contributed by atoms with Crippen molar-refractivity contribution in [1.29, 1.82) is 0 Å². The van der Waals surface area contributed by atoms with Crippen molar-refractivity contribution in [3.05, 3.63) is 64.6 Å². The van der Waals surface area contributed by atoms with Gasteiger partial charge in [-0.05, 0) is 39.3 Å². The molecule has 3 rings (SSSR count). The number of H-pyrrole nitrogens is 2. The Balaban J connectivity index is 1.73. The number of aromatic nitrogens is 3. The van der Waals surface area contributed by atoms with Gasteiger partial charge >= 0.3 is 11.9 Å².